The highest BCUT2D eigenvalue weighted by Crippen LogP contribution is 2.35. The Labute approximate surface area is 170 Å². The predicted molar refractivity (Wildman–Crippen MR) is 109 cm³/mol. The van der Waals surface area contributed by atoms with Gasteiger partial charge in [0, 0.05) is 30.8 Å². The fourth-order valence-corrected chi connectivity index (χ4v) is 5.60. The average Bonchev–Trinajstić information content (AvgIpc) is 3.51. The molecule has 7 heteroatoms. The third-order valence-electron chi connectivity index (χ3n) is 5.80. The second kappa shape index (κ2) is 7.55. The van der Waals surface area contributed by atoms with Gasteiger partial charge in [-0.05, 0) is 54.7 Å². The molecule has 1 aliphatic carbocycles. The summed E-state index contributed by atoms with van der Waals surface area (Å²) < 4.78 is 36.9. The summed E-state index contributed by atoms with van der Waals surface area (Å²) in [6.07, 6.45) is 6.88. The summed E-state index contributed by atoms with van der Waals surface area (Å²) >= 11 is 0. The van der Waals surface area contributed by atoms with Gasteiger partial charge in [-0.1, -0.05) is 12.1 Å². The summed E-state index contributed by atoms with van der Waals surface area (Å²) in [5.74, 6) is 0. The molecule has 1 aliphatic heterocycles. The smallest absolute Gasteiger partial charge is 0.181 e. The van der Waals surface area contributed by atoms with E-state index in [-0.39, 0.29) is 17.5 Å². The molecule has 1 saturated carbocycles. The highest BCUT2D eigenvalue weighted by molar-refractivity contribution is 7.92. The average molecular weight is 413 g/mol. The number of hydrogen-bond acceptors (Lipinski definition) is 5. The molecule has 2 unspecified atom stereocenters. The number of H-pyrrole nitrogens is 1. The lowest BCUT2D eigenvalue weighted by atomic mass is 9.99. The Kier molecular flexibility index (Phi) is 4.89. The zero-order valence-corrected chi connectivity index (χ0v) is 16.9. The fraction of sp³-hybridized carbons (Fsp3) is 0.409. The molecular weight excluding hydrogens is 388 g/mol. The van der Waals surface area contributed by atoms with Crippen LogP contribution in [0.25, 0.3) is 11.0 Å². The summed E-state index contributed by atoms with van der Waals surface area (Å²) in [5.41, 5.74) is 3.00. The number of pyridine rings is 1. The van der Waals surface area contributed by atoms with Gasteiger partial charge >= 0.3 is 0 Å². The number of fused-ring (bicyclic) bond motifs is 1. The standard InChI is InChI=1S/C22H24N2O4S/c25-29(26,19-5-6-19)18-3-1-15(2-4-18)21-13-17(9-12-27-21)28-14-16-7-10-23-22-20(16)8-11-24-22/h1-4,7-8,10-11,17,19,21H,5-6,9,12-14H2,(H,23,24). The lowest BCUT2D eigenvalue weighted by Crippen LogP contribution is -2.26. The van der Waals surface area contributed by atoms with Crippen molar-refractivity contribution in [3.05, 3.63) is 59.9 Å². The number of nitrogens with zero attached hydrogens (tertiary/aromatic N) is 1. The number of hydrogen-bond donors (Lipinski definition) is 1. The SMILES string of the molecule is O=S(=O)(c1ccc(C2CC(OCc3ccnc4[nH]ccc34)CCO2)cc1)C1CC1. The minimum atomic E-state index is -3.15. The second-order valence-electron chi connectivity index (χ2n) is 7.84. The summed E-state index contributed by atoms with van der Waals surface area (Å²) in [6, 6.07) is 11.2. The van der Waals surface area contributed by atoms with Crippen LogP contribution in [0.5, 0.6) is 0 Å². The molecule has 2 aliphatic rings. The van der Waals surface area contributed by atoms with Crippen LogP contribution in [-0.4, -0.2) is 36.3 Å². The molecule has 2 aromatic heterocycles. The molecule has 3 aromatic rings. The van der Waals surface area contributed by atoms with Gasteiger partial charge in [-0.2, -0.15) is 0 Å². The highest BCUT2D eigenvalue weighted by atomic mass is 32.2. The maximum absolute atomic E-state index is 12.4. The Bertz CT molecular complexity index is 1100. The normalized spacial score (nSPS) is 22.8. The number of rotatable bonds is 6. The van der Waals surface area contributed by atoms with Gasteiger partial charge in [0.2, 0.25) is 0 Å². The molecule has 29 heavy (non-hydrogen) atoms. The van der Waals surface area contributed by atoms with Gasteiger partial charge in [0.1, 0.15) is 5.65 Å². The number of nitrogens with one attached hydrogen (secondary N) is 1. The van der Waals surface area contributed by atoms with Crippen LogP contribution in [-0.2, 0) is 25.9 Å². The Balaban J connectivity index is 1.24. The number of sulfone groups is 1. The van der Waals surface area contributed by atoms with Crippen LogP contribution in [0.4, 0.5) is 0 Å². The van der Waals surface area contributed by atoms with Gasteiger partial charge in [0.25, 0.3) is 0 Å². The first-order valence-corrected chi connectivity index (χ1v) is 11.6. The quantitative estimate of drug-likeness (QED) is 0.663. The van der Waals surface area contributed by atoms with Crippen molar-refractivity contribution in [1.82, 2.24) is 9.97 Å². The monoisotopic (exact) mass is 412 g/mol. The van der Waals surface area contributed by atoms with E-state index >= 15 is 0 Å². The minimum Gasteiger partial charge on any atom is -0.373 e. The van der Waals surface area contributed by atoms with Crippen LogP contribution in [0.1, 0.15) is 42.9 Å². The van der Waals surface area contributed by atoms with Crippen molar-refractivity contribution in [2.24, 2.45) is 0 Å². The van der Waals surface area contributed by atoms with E-state index in [1.54, 1.807) is 18.3 Å². The van der Waals surface area contributed by atoms with Crippen molar-refractivity contribution in [1.29, 1.82) is 0 Å². The third-order valence-corrected chi connectivity index (χ3v) is 8.08. The van der Waals surface area contributed by atoms with Gasteiger partial charge in [0.15, 0.2) is 9.84 Å². The van der Waals surface area contributed by atoms with Crippen molar-refractivity contribution in [2.75, 3.05) is 6.61 Å². The highest BCUT2D eigenvalue weighted by Gasteiger charge is 2.37. The lowest BCUT2D eigenvalue weighted by molar-refractivity contribution is -0.0790. The van der Waals surface area contributed by atoms with Crippen molar-refractivity contribution in [3.63, 3.8) is 0 Å². The van der Waals surface area contributed by atoms with E-state index in [1.165, 1.54) is 0 Å². The van der Waals surface area contributed by atoms with E-state index in [1.807, 2.05) is 30.5 Å². The Morgan fingerprint density at radius 2 is 1.93 bits per heavy atom. The van der Waals surface area contributed by atoms with Crippen molar-refractivity contribution in [2.45, 2.75) is 54.6 Å². The zero-order chi connectivity index (χ0) is 19.8. The topological polar surface area (TPSA) is 81.3 Å². The van der Waals surface area contributed by atoms with Gasteiger partial charge in [-0.3, -0.25) is 0 Å². The van der Waals surface area contributed by atoms with Crippen LogP contribution in [0, 0.1) is 0 Å². The molecule has 0 radical (unpaired) electrons. The summed E-state index contributed by atoms with van der Waals surface area (Å²) in [6.45, 7) is 1.17. The molecule has 1 aromatic carbocycles. The Morgan fingerprint density at radius 1 is 1.10 bits per heavy atom. The number of aromatic nitrogens is 2. The van der Waals surface area contributed by atoms with Gasteiger partial charge in [-0.25, -0.2) is 13.4 Å². The maximum Gasteiger partial charge on any atom is 0.181 e. The van der Waals surface area contributed by atoms with E-state index in [4.69, 9.17) is 9.47 Å². The van der Waals surface area contributed by atoms with Crippen molar-refractivity contribution >= 4 is 20.9 Å². The van der Waals surface area contributed by atoms with Crippen LogP contribution in [0.3, 0.4) is 0 Å². The van der Waals surface area contributed by atoms with Crippen LogP contribution < -0.4 is 0 Å². The van der Waals surface area contributed by atoms with E-state index < -0.39 is 9.84 Å². The van der Waals surface area contributed by atoms with E-state index in [9.17, 15) is 8.42 Å². The largest absolute Gasteiger partial charge is 0.373 e. The number of aromatic amines is 1. The molecule has 0 bridgehead atoms. The number of benzene rings is 1. The molecule has 5 rings (SSSR count). The molecular formula is C22H24N2O4S. The molecule has 3 heterocycles. The molecule has 6 nitrogen and oxygen atoms in total. The van der Waals surface area contributed by atoms with Crippen LogP contribution >= 0.6 is 0 Å². The third kappa shape index (κ3) is 3.82. The first-order chi connectivity index (χ1) is 14.1. The first kappa shape index (κ1) is 18.8. The van der Waals surface area contributed by atoms with Gasteiger partial charge in [0.05, 0.1) is 29.0 Å². The van der Waals surface area contributed by atoms with Gasteiger partial charge in [-0.15, -0.1) is 0 Å². The first-order valence-electron chi connectivity index (χ1n) is 10.1. The van der Waals surface area contributed by atoms with Crippen LogP contribution in [0.2, 0.25) is 0 Å². The van der Waals surface area contributed by atoms with E-state index in [0.29, 0.717) is 18.1 Å². The molecule has 1 saturated heterocycles. The number of ether oxygens (including phenoxy) is 2. The second-order valence-corrected chi connectivity index (χ2v) is 10.1. The Morgan fingerprint density at radius 3 is 2.72 bits per heavy atom. The zero-order valence-electron chi connectivity index (χ0n) is 16.1. The molecule has 2 fully saturated rings. The minimum absolute atomic E-state index is 0.0730. The lowest BCUT2D eigenvalue weighted by Gasteiger charge is -2.30. The molecule has 1 N–H and O–H groups in total. The summed E-state index contributed by atoms with van der Waals surface area (Å²) in [7, 11) is -3.15. The Hall–Kier alpha value is -2.22. The predicted octanol–water partition coefficient (Wildman–Crippen LogP) is 3.94. The maximum atomic E-state index is 12.4. The van der Waals surface area contributed by atoms with Gasteiger partial charge < -0.3 is 14.5 Å². The molecule has 152 valence electrons. The molecule has 2 atom stereocenters. The van der Waals surface area contributed by atoms with E-state index in [2.05, 4.69) is 9.97 Å². The van der Waals surface area contributed by atoms with Crippen molar-refractivity contribution < 1.29 is 17.9 Å². The van der Waals surface area contributed by atoms with Crippen LogP contribution in [0.15, 0.2) is 53.7 Å². The summed E-state index contributed by atoms with van der Waals surface area (Å²) in [5, 5.41) is 0.903. The fourth-order valence-electron chi connectivity index (χ4n) is 3.94. The summed E-state index contributed by atoms with van der Waals surface area (Å²) in [4.78, 5) is 7.85. The van der Waals surface area contributed by atoms with Crippen molar-refractivity contribution in [3.8, 4) is 0 Å². The van der Waals surface area contributed by atoms with E-state index in [0.717, 1.165) is 47.8 Å². The molecule has 0 amide bonds. The molecule has 0 spiro atoms.